The van der Waals surface area contributed by atoms with E-state index in [1.165, 1.54) is 12.8 Å². The van der Waals surface area contributed by atoms with Crippen molar-refractivity contribution in [3.63, 3.8) is 0 Å². The number of hydrogen-bond donors (Lipinski definition) is 1. The second-order valence-electron chi connectivity index (χ2n) is 5.47. The smallest absolute Gasteiger partial charge is 0.265 e. The lowest BCUT2D eigenvalue weighted by atomic mass is 10.3. The molecule has 0 aliphatic heterocycles. The van der Waals surface area contributed by atoms with Gasteiger partial charge in [-0.3, -0.25) is 9.40 Å². The minimum absolute atomic E-state index is 0.262. The first-order valence-corrected chi connectivity index (χ1v) is 8.68. The molecule has 6 heteroatoms. The van der Waals surface area contributed by atoms with E-state index in [0.29, 0.717) is 17.4 Å². The van der Waals surface area contributed by atoms with E-state index in [2.05, 4.69) is 9.82 Å². The average Bonchev–Trinajstić information content (AvgIpc) is 3.08. The zero-order valence-corrected chi connectivity index (χ0v) is 12.8. The lowest BCUT2D eigenvalue weighted by Crippen LogP contribution is -2.13. The highest BCUT2D eigenvalue weighted by molar-refractivity contribution is 7.92. The Kier molecular flexibility index (Phi) is 3.71. The third-order valence-electron chi connectivity index (χ3n) is 3.89. The molecule has 0 spiro atoms. The van der Waals surface area contributed by atoms with Gasteiger partial charge >= 0.3 is 0 Å². The van der Waals surface area contributed by atoms with E-state index in [4.69, 9.17) is 0 Å². The molecule has 112 valence electrons. The number of hydrogen-bond acceptors (Lipinski definition) is 3. The van der Waals surface area contributed by atoms with Crippen molar-refractivity contribution in [2.75, 3.05) is 4.72 Å². The third-order valence-corrected chi connectivity index (χ3v) is 5.37. The normalized spacial score (nSPS) is 16.2. The van der Waals surface area contributed by atoms with Crippen LogP contribution in [-0.4, -0.2) is 18.2 Å². The van der Waals surface area contributed by atoms with Crippen LogP contribution in [0, 0.1) is 6.92 Å². The maximum atomic E-state index is 12.5. The number of aromatic nitrogens is 2. The van der Waals surface area contributed by atoms with Crippen LogP contribution in [0.4, 0.5) is 5.69 Å². The number of nitrogens with zero attached hydrogens (tertiary/aromatic N) is 2. The number of rotatable bonds is 4. The predicted molar refractivity (Wildman–Crippen MR) is 81.7 cm³/mol. The summed E-state index contributed by atoms with van der Waals surface area (Å²) in [5.74, 6) is 0. The molecule has 1 aliphatic rings. The lowest BCUT2D eigenvalue weighted by Gasteiger charge is -2.09. The fourth-order valence-corrected chi connectivity index (χ4v) is 4.03. The van der Waals surface area contributed by atoms with Crippen molar-refractivity contribution in [1.82, 2.24) is 9.78 Å². The Hall–Kier alpha value is -1.82. The molecular formula is C15H19N3O2S. The molecule has 0 saturated heterocycles. The Morgan fingerprint density at radius 3 is 2.52 bits per heavy atom. The van der Waals surface area contributed by atoms with Gasteiger partial charge in [-0.15, -0.1) is 0 Å². The Labute approximate surface area is 125 Å². The lowest BCUT2D eigenvalue weighted by molar-refractivity contribution is 0.464. The summed E-state index contributed by atoms with van der Waals surface area (Å²) in [5, 5.41) is 4.40. The topological polar surface area (TPSA) is 64.0 Å². The van der Waals surface area contributed by atoms with Crippen LogP contribution in [0.5, 0.6) is 0 Å². The molecule has 0 atom stereocenters. The first-order valence-electron chi connectivity index (χ1n) is 7.20. The summed E-state index contributed by atoms with van der Waals surface area (Å²) in [7, 11) is -3.59. The quantitative estimate of drug-likeness (QED) is 0.944. The Bertz CT molecular complexity index is 717. The number of nitrogens with one attached hydrogen (secondary N) is 1. The van der Waals surface area contributed by atoms with Crippen LogP contribution >= 0.6 is 0 Å². The summed E-state index contributed by atoms with van der Waals surface area (Å²) in [6, 6.07) is 9.24. The molecule has 1 aromatic carbocycles. The Morgan fingerprint density at radius 1 is 1.19 bits per heavy atom. The van der Waals surface area contributed by atoms with Crippen LogP contribution < -0.4 is 4.72 Å². The number of benzene rings is 1. The predicted octanol–water partition coefficient (Wildman–Crippen LogP) is 3.11. The van der Waals surface area contributed by atoms with Gasteiger partial charge in [-0.25, -0.2) is 8.42 Å². The van der Waals surface area contributed by atoms with Crippen LogP contribution in [0.1, 0.15) is 37.4 Å². The second kappa shape index (κ2) is 5.52. The molecular weight excluding hydrogens is 286 g/mol. The third kappa shape index (κ3) is 2.95. The summed E-state index contributed by atoms with van der Waals surface area (Å²) in [5.41, 5.74) is 1.11. The first kappa shape index (κ1) is 14.1. The van der Waals surface area contributed by atoms with E-state index in [9.17, 15) is 8.42 Å². The molecule has 1 aromatic heterocycles. The molecule has 1 fully saturated rings. The molecule has 2 aromatic rings. The highest BCUT2D eigenvalue weighted by Crippen LogP contribution is 2.30. The molecule has 0 unspecified atom stereocenters. The van der Waals surface area contributed by atoms with Crippen molar-refractivity contribution in [3.8, 4) is 0 Å². The number of aryl methyl sites for hydroxylation is 1. The first-order chi connectivity index (χ1) is 10.1. The van der Waals surface area contributed by atoms with Gasteiger partial charge in [0.1, 0.15) is 4.90 Å². The maximum Gasteiger partial charge on any atom is 0.265 e. The molecule has 1 N–H and O–H groups in total. The van der Waals surface area contributed by atoms with Crippen molar-refractivity contribution in [3.05, 3.63) is 42.2 Å². The van der Waals surface area contributed by atoms with Gasteiger partial charge in [-0.05, 0) is 31.9 Å². The molecule has 3 rings (SSSR count). The summed E-state index contributed by atoms with van der Waals surface area (Å²) in [6.45, 7) is 1.74. The van der Waals surface area contributed by atoms with Gasteiger partial charge in [0.15, 0.2) is 0 Å². The van der Waals surface area contributed by atoms with E-state index in [1.807, 2.05) is 10.7 Å². The van der Waals surface area contributed by atoms with Gasteiger partial charge in [0.2, 0.25) is 0 Å². The number of para-hydroxylation sites is 1. The van der Waals surface area contributed by atoms with Crippen LogP contribution in [0.25, 0.3) is 0 Å². The zero-order chi connectivity index (χ0) is 14.9. The molecule has 0 bridgehead atoms. The zero-order valence-electron chi connectivity index (χ0n) is 12.0. The van der Waals surface area contributed by atoms with Crippen LogP contribution in [0.15, 0.2) is 41.4 Å². The summed E-state index contributed by atoms with van der Waals surface area (Å²) < 4.78 is 29.4. The van der Waals surface area contributed by atoms with Gasteiger partial charge in [0, 0.05) is 11.9 Å². The minimum Gasteiger partial charge on any atom is -0.280 e. The SMILES string of the molecule is Cc1nn(C2CCCC2)cc1S(=O)(=O)Nc1ccccc1. The van der Waals surface area contributed by atoms with Crippen LogP contribution in [0.3, 0.4) is 0 Å². The van der Waals surface area contributed by atoms with Gasteiger partial charge in [0.05, 0.1) is 11.7 Å². The van der Waals surface area contributed by atoms with Gasteiger partial charge in [-0.1, -0.05) is 31.0 Å². The Morgan fingerprint density at radius 2 is 1.86 bits per heavy atom. The van der Waals surface area contributed by atoms with Crippen molar-refractivity contribution in [2.45, 2.75) is 43.5 Å². The summed E-state index contributed by atoms with van der Waals surface area (Å²) in [4.78, 5) is 0.262. The van der Waals surface area contributed by atoms with Crippen molar-refractivity contribution >= 4 is 15.7 Å². The van der Waals surface area contributed by atoms with E-state index in [-0.39, 0.29) is 4.90 Å². The largest absolute Gasteiger partial charge is 0.280 e. The monoisotopic (exact) mass is 305 g/mol. The molecule has 21 heavy (non-hydrogen) atoms. The van der Waals surface area contributed by atoms with E-state index < -0.39 is 10.0 Å². The fourth-order valence-electron chi connectivity index (χ4n) is 2.80. The molecule has 1 saturated carbocycles. The van der Waals surface area contributed by atoms with Crippen LogP contribution in [-0.2, 0) is 10.0 Å². The molecule has 1 aliphatic carbocycles. The maximum absolute atomic E-state index is 12.5. The van der Waals surface area contributed by atoms with Crippen molar-refractivity contribution < 1.29 is 8.42 Å². The number of anilines is 1. The summed E-state index contributed by atoms with van der Waals surface area (Å²) >= 11 is 0. The van der Waals surface area contributed by atoms with Gasteiger partial charge in [0.25, 0.3) is 10.0 Å². The van der Waals surface area contributed by atoms with Crippen molar-refractivity contribution in [1.29, 1.82) is 0 Å². The molecule has 0 amide bonds. The summed E-state index contributed by atoms with van der Waals surface area (Å²) in [6.07, 6.45) is 6.19. The van der Waals surface area contributed by atoms with E-state index in [1.54, 1.807) is 37.4 Å². The fraction of sp³-hybridized carbons (Fsp3) is 0.400. The highest BCUT2D eigenvalue weighted by atomic mass is 32.2. The van der Waals surface area contributed by atoms with E-state index in [0.717, 1.165) is 12.8 Å². The molecule has 5 nitrogen and oxygen atoms in total. The van der Waals surface area contributed by atoms with Crippen molar-refractivity contribution in [2.24, 2.45) is 0 Å². The molecule has 0 radical (unpaired) electrons. The Balaban J connectivity index is 1.88. The average molecular weight is 305 g/mol. The second-order valence-corrected chi connectivity index (χ2v) is 7.12. The van der Waals surface area contributed by atoms with Gasteiger partial charge < -0.3 is 0 Å². The minimum atomic E-state index is -3.59. The van der Waals surface area contributed by atoms with Crippen LogP contribution in [0.2, 0.25) is 0 Å². The molecule has 1 heterocycles. The highest BCUT2D eigenvalue weighted by Gasteiger charge is 2.24. The standard InChI is InChI=1S/C15H19N3O2S/c1-12-15(11-18(16-12)14-9-5-6-10-14)21(19,20)17-13-7-3-2-4-8-13/h2-4,7-8,11,14,17H,5-6,9-10H2,1H3. The van der Waals surface area contributed by atoms with E-state index >= 15 is 0 Å². The number of sulfonamides is 1. The van der Waals surface area contributed by atoms with Gasteiger partial charge in [-0.2, -0.15) is 5.10 Å².